The maximum absolute atomic E-state index is 13.4. The van der Waals surface area contributed by atoms with Crippen LogP contribution in [-0.4, -0.2) is 94.8 Å². The average molecular weight is 1120 g/mol. The molecule has 1 amide bonds. The van der Waals surface area contributed by atoms with Crippen molar-refractivity contribution in [2.24, 2.45) is 25.4 Å². The Bertz CT molecular complexity index is 3830. The minimum Gasteiger partial charge on any atom is -0.871 e. The van der Waals surface area contributed by atoms with Crippen LogP contribution in [-0.2, 0) is 33.1 Å². The largest absolute Gasteiger partial charge is 2.00 e. The molecule has 8 aromatic rings. The number of phenolic OH excluding ortho intramolecular Hbond substituents is 1. The molecule has 0 aromatic heterocycles. The normalized spacial score (nSPS) is 11.9. The van der Waals surface area contributed by atoms with Crippen molar-refractivity contribution in [3.63, 3.8) is 0 Å². The van der Waals surface area contributed by atoms with Gasteiger partial charge in [-0.2, -0.15) is 21.9 Å². The smallest absolute Gasteiger partial charge is 0.871 e. The molecule has 0 saturated heterocycles. The van der Waals surface area contributed by atoms with Gasteiger partial charge in [-0.1, -0.05) is 116 Å². The van der Waals surface area contributed by atoms with Crippen molar-refractivity contribution in [2.45, 2.75) is 36.5 Å². The maximum atomic E-state index is 13.4. The standard InChI is InChI=1S/2C26H22ClN3O6S.Ca/c2*1-3-15-11-12-21(37(33,34)35)24(22(15)27)30-29-23-19-10-5-4-7-16(19)13-20(25(23)31)26(32)28-17-8-6-9-18(14-17)36-2;/h2*4-14,31H,3H2,1-2H3,(H,28,32)(H,33,34,35);/q;;+2/p-2. The predicted molar refractivity (Wildman–Crippen MR) is 285 cm³/mol. The predicted octanol–water partition coefficient (Wildman–Crippen LogP) is 11.5. The van der Waals surface area contributed by atoms with Gasteiger partial charge in [-0.3, -0.25) is 18.9 Å². The second-order valence-corrected chi connectivity index (χ2v) is 19.3. The van der Waals surface area contributed by atoms with Crippen LogP contribution in [0.3, 0.4) is 0 Å². The number of rotatable bonds is 14. The van der Waals surface area contributed by atoms with Crippen LogP contribution in [0.2, 0.25) is 10.0 Å². The Hall–Kier alpha value is -6.72. The molecule has 0 radical (unpaired) electrons. The van der Waals surface area contributed by atoms with Crippen LogP contribution >= 0.6 is 23.2 Å². The van der Waals surface area contributed by atoms with Gasteiger partial charge in [-0.05, 0) is 94.7 Å². The molecule has 0 spiro atoms. The van der Waals surface area contributed by atoms with E-state index in [1.165, 1.54) is 44.6 Å². The van der Waals surface area contributed by atoms with E-state index in [2.05, 4.69) is 30.8 Å². The summed E-state index contributed by atoms with van der Waals surface area (Å²) in [6.07, 6.45) is 0.930. The first-order valence-electron chi connectivity index (χ1n) is 22.0. The molecule has 0 fully saturated rings. The van der Waals surface area contributed by atoms with Gasteiger partial charge in [0.05, 0.1) is 41.2 Å². The number of nitrogens with one attached hydrogen (secondary N) is 1. The third-order valence-electron chi connectivity index (χ3n) is 11.2. The summed E-state index contributed by atoms with van der Waals surface area (Å²) >= 11 is 12.7. The third kappa shape index (κ3) is 13.2. The molecule has 0 heterocycles. The number of carbonyl (C=O) groups is 1. The summed E-state index contributed by atoms with van der Waals surface area (Å²) in [4.78, 5) is 16.0. The number of aryl methyl sites for hydroxylation is 2. The number of anilines is 1. The number of hydrogen-bond donors (Lipinski definition) is 4. The molecule has 0 atom stereocenters. The Labute approximate surface area is 470 Å². The van der Waals surface area contributed by atoms with Crippen LogP contribution < -0.4 is 25.0 Å². The molecule has 0 aliphatic carbocycles. The number of ether oxygens (including phenoxy) is 2. The first kappa shape index (κ1) is 57.6. The second-order valence-electron chi connectivity index (χ2n) is 15.8. The van der Waals surface area contributed by atoms with Gasteiger partial charge < -0.3 is 30.1 Å². The zero-order valence-corrected chi connectivity index (χ0v) is 45.5. The van der Waals surface area contributed by atoms with E-state index >= 15 is 0 Å². The molecule has 0 unspecified atom stereocenters. The van der Waals surface area contributed by atoms with Crippen molar-refractivity contribution < 1.29 is 55.5 Å². The molecule has 0 aliphatic heterocycles. The number of amides is 1. The number of nitrogens with zero attached hydrogens (tertiary/aromatic N) is 5. The Morgan fingerprint density at radius 2 is 1.08 bits per heavy atom. The van der Waals surface area contributed by atoms with Gasteiger partial charge in [0.15, 0.2) is 5.75 Å². The minimum atomic E-state index is -4.70. The molecule has 8 rings (SSSR count). The summed E-state index contributed by atoms with van der Waals surface area (Å²) in [5, 5.41) is 58.2. The van der Waals surface area contributed by atoms with Crippen LogP contribution in [0.25, 0.3) is 21.5 Å². The van der Waals surface area contributed by atoms with Crippen molar-refractivity contribution in [3.8, 4) is 23.0 Å². The SMILES string of the molecule is CCc1ccc(S(=O)(=O)O)c(N=Nc2c(O)c(C(=O)Nc3cccc(OC)c3)cc3ccccc23)c1Cl.CCc1ccc(S(=O)(=O)O)c(N=Nc2c([O-])c(C([O-])=Nc3cccc(OC)c3)cc3ccccc23)c1Cl.[Ca+2]. The molecule has 0 bridgehead atoms. The van der Waals surface area contributed by atoms with E-state index in [0.717, 1.165) is 6.07 Å². The zero-order chi connectivity index (χ0) is 53.5. The van der Waals surface area contributed by atoms with Gasteiger partial charge in [0.1, 0.15) is 38.4 Å². The first-order valence-corrected chi connectivity index (χ1v) is 25.7. The fourth-order valence-corrected chi connectivity index (χ4v) is 9.48. The Balaban J connectivity index is 0.000000241. The summed E-state index contributed by atoms with van der Waals surface area (Å²) in [5.74, 6) is -1.61. The fraction of sp³-hybridized carbons (Fsp3) is 0.115. The molecule has 4 N–H and O–H groups in total. The summed E-state index contributed by atoms with van der Waals surface area (Å²) in [7, 11) is -6.39. The van der Waals surface area contributed by atoms with Crippen LogP contribution in [0.5, 0.6) is 23.0 Å². The van der Waals surface area contributed by atoms with E-state index in [9.17, 15) is 46.1 Å². The number of methoxy groups -OCH3 is 2. The van der Waals surface area contributed by atoms with E-state index in [1.807, 2.05) is 6.92 Å². The van der Waals surface area contributed by atoms with Gasteiger partial charge >= 0.3 is 37.7 Å². The third-order valence-corrected chi connectivity index (χ3v) is 13.8. The van der Waals surface area contributed by atoms with Crippen molar-refractivity contribution in [2.75, 3.05) is 19.5 Å². The van der Waals surface area contributed by atoms with E-state index in [1.54, 1.807) is 104 Å². The van der Waals surface area contributed by atoms with Crippen molar-refractivity contribution >= 4 is 149 Å². The van der Waals surface area contributed by atoms with Crippen LogP contribution in [0.4, 0.5) is 34.1 Å². The fourth-order valence-electron chi connectivity index (χ4n) is 7.44. The van der Waals surface area contributed by atoms with Gasteiger partial charge in [0, 0.05) is 28.6 Å². The molecule has 75 heavy (non-hydrogen) atoms. The molecule has 8 aromatic carbocycles. The van der Waals surface area contributed by atoms with Gasteiger partial charge in [0.25, 0.3) is 26.1 Å². The quantitative estimate of drug-likeness (QED) is 0.0260. The van der Waals surface area contributed by atoms with E-state index in [4.69, 9.17) is 32.7 Å². The Morgan fingerprint density at radius 1 is 0.613 bits per heavy atom. The summed E-state index contributed by atoms with van der Waals surface area (Å²) in [5.41, 5.74) is 0.678. The molecule has 23 heteroatoms. The number of halogens is 2. The van der Waals surface area contributed by atoms with Crippen LogP contribution in [0, 0.1) is 0 Å². The van der Waals surface area contributed by atoms with Gasteiger partial charge in [0.2, 0.25) is 0 Å². The molecule has 0 saturated carbocycles. The first-order chi connectivity index (χ1) is 35.3. The Kier molecular flexibility index (Phi) is 19.0. The van der Waals surface area contributed by atoms with Crippen molar-refractivity contribution in [1.82, 2.24) is 0 Å². The number of benzene rings is 8. The number of carbonyl (C=O) groups excluding carboxylic acids is 1. The number of hydrogen-bond acceptors (Lipinski definition) is 15. The number of aliphatic imine (C=N–C) groups is 1. The maximum Gasteiger partial charge on any atom is 2.00 e. The molecular weight excluding hydrogens is 1080 g/mol. The number of aromatic hydroxyl groups is 1. The van der Waals surface area contributed by atoms with Crippen molar-refractivity contribution in [1.29, 1.82) is 0 Å². The molecular formula is C52H42CaCl2N6O12S2. The van der Waals surface area contributed by atoms with Crippen LogP contribution in [0.1, 0.15) is 40.9 Å². The van der Waals surface area contributed by atoms with Crippen molar-refractivity contribution in [3.05, 3.63) is 166 Å². The molecule has 0 aliphatic rings. The second kappa shape index (κ2) is 24.7. The number of azo groups is 2. The van der Waals surface area contributed by atoms with E-state index < -0.39 is 53.3 Å². The summed E-state index contributed by atoms with van der Waals surface area (Å²) in [6.45, 7) is 3.62. The zero-order valence-electron chi connectivity index (χ0n) is 40.1. The van der Waals surface area contributed by atoms with Gasteiger partial charge in [-0.15, -0.1) is 15.3 Å². The van der Waals surface area contributed by atoms with Gasteiger partial charge in [-0.25, -0.2) is 0 Å². The van der Waals surface area contributed by atoms with E-state index in [-0.39, 0.29) is 81.7 Å². The summed E-state index contributed by atoms with van der Waals surface area (Å²) < 4.78 is 77.4. The van der Waals surface area contributed by atoms with Crippen LogP contribution in [0.15, 0.2) is 169 Å². The Morgan fingerprint density at radius 3 is 1.60 bits per heavy atom. The summed E-state index contributed by atoms with van der Waals surface area (Å²) in [6, 6.07) is 35.0. The topological polar surface area (TPSA) is 284 Å². The number of phenols is 1. The average Bonchev–Trinajstić information content (AvgIpc) is 3.37. The molecule has 18 nitrogen and oxygen atoms in total. The molecule has 380 valence electrons. The van der Waals surface area contributed by atoms with E-state index in [0.29, 0.717) is 68.4 Å². The monoisotopic (exact) mass is 1120 g/mol. The minimum absolute atomic E-state index is 0. The number of fused-ring (bicyclic) bond motifs is 2.